The average molecular weight is 359 g/mol. The van der Waals surface area contributed by atoms with Crippen molar-refractivity contribution in [2.45, 2.75) is 82.5 Å². The van der Waals surface area contributed by atoms with Crippen LogP contribution in [0, 0.1) is 0 Å². The van der Waals surface area contributed by atoms with E-state index in [9.17, 15) is 20.1 Å². The van der Waals surface area contributed by atoms with Crippen molar-refractivity contribution < 1.29 is 29.6 Å². The number of aliphatic hydroxyl groups excluding tert-OH is 3. The third-order valence-electron chi connectivity index (χ3n) is 4.34. The SMILES string of the molecule is C=CCCCCCCCCO[C@H]1O[C@H](CO)[C@H](O)[C@H](O)[C@H]1NC(C)=O. The van der Waals surface area contributed by atoms with Crippen molar-refractivity contribution >= 4 is 5.91 Å². The quantitative estimate of drug-likeness (QED) is 0.304. The first-order valence-corrected chi connectivity index (χ1v) is 9.13. The monoisotopic (exact) mass is 359 g/mol. The van der Waals surface area contributed by atoms with Gasteiger partial charge in [0.25, 0.3) is 0 Å². The molecule has 1 saturated heterocycles. The Morgan fingerprint density at radius 1 is 1.16 bits per heavy atom. The average Bonchev–Trinajstić information content (AvgIpc) is 2.59. The lowest BCUT2D eigenvalue weighted by atomic mass is 9.97. The van der Waals surface area contributed by atoms with E-state index in [0.29, 0.717) is 6.61 Å². The molecule has 1 amide bonds. The molecule has 1 aliphatic rings. The Hall–Kier alpha value is -0.990. The molecule has 0 aromatic heterocycles. The molecule has 1 fully saturated rings. The molecule has 7 heteroatoms. The van der Waals surface area contributed by atoms with Crippen molar-refractivity contribution in [2.24, 2.45) is 0 Å². The number of amides is 1. The molecule has 4 N–H and O–H groups in total. The summed E-state index contributed by atoms with van der Waals surface area (Å²) in [6.45, 7) is 5.02. The Morgan fingerprint density at radius 2 is 1.80 bits per heavy atom. The number of ether oxygens (including phenoxy) is 2. The maximum Gasteiger partial charge on any atom is 0.217 e. The smallest absolute Gasteiger partial charge is 0.217 e. The molecule has 1 rings (SSSR count). The number of hydrogen-bond donors (Lipinski definition) is 4. The normalized spacial score (nSPS) is 29.4. The molecular weight excluding hydrogens is 326 g/mol. The highest BCUT2D eigenvalue weighted by molar-refractivity contribution is 5.73. The van der Waals surface area contributed by atoms with Crippen molar-refractivity contribution in [1.82, 2.24) is 5.32 Å². The van der Waals surface area contributed by atoms with Crippen molar-refractivity contribution in [3.05, 3.63) is 12.7 Å². The molecule has 1 aliphatic heterocycles. The van der Waals surface area contributed by atoms with E-state index < -0.39 is 37.3 Å². The first kappa shape index (κ1) is 22.1. The van der Waals surface area contributed by atoms with Crippen LogP contribution in [0.25, 0.3) is 0 Å². The molecule has 1 heterocycles. The van der Waals surface area contributed by atoms with Gasteiger partial charge in [0.2, 0.25) is 5.91 Å². The number of rotatable bonds is 12. The topological polar surface area (TPSA) is 108 Å². The minimum absolute atomic E-state index is 0.351. The summed E-state index contributed by atoms with van der Waals surface area (Å²) in [5.74, 6) is -0.351. The van der Waals surface area contributed by atoms with Gasteiger partial charge in [-0.05, 0) is 19.3 Å². The maximum atomic E-state index is 11.3. The van der Waals surface area contributed by atoms with Crippen LogP contribution < -0.4 is 5.32 Å². The van der Waals surface area contributed by atoms with Crippen LogP contribution in [-0.4, -0.2) is 65.1 Å². The zero-order valence-electron chi connectivity index (χ0n) is 15.1. The number of aliphatic hydroxyl groups is 3. The molecule has 0 unspecified atom stereocenters. The lowest BCUT2D eigenvalue weighted by Crippen LogP contribution is -2.64. The lowest BCUT2D eigenvalue weighted by molar-refractivity contribution is -0.270. The second-order valence-corrected chi connectivity index (χ2v) is 6.50. The lowest BCUT2D eigenvalue weighted by Gasteiger charge is -2.42. The standard InChI is InChI=1S/C18H33NO6/c1-3-4-5-6-7-8-9-10-11-24-18-15(19-13(2)21)17(23)16(22)14(12-20)25-18/h3,14-18,20,22-23H,1,4-12H2,2H3,(H,19,21)/t14-,15-,16+,17-,18+/m1/s1. The van der Waals surface area contributed by atoms with Gasteiger partial charge in [-0.1, -0.05) is 31.8 Å². The van der Waals surface area contributed by atoms with Gasteiger partial charge in [0.1, 0.15) is 24.4 Å². The van der Waals surface area contributed by atoms with E-state index >= 15 is 0 Å². The van der Waals surface area contributed by atoms with Crippen LogP contribution in [0.15, 0.2) is 12.7 Å². The second kappa shape index (κ2) is 12.4. The van der Waals surface area contributed by atoms with Gasteiger partial charge in [-0.3, -0.25) is 4.79 Å². The summed E-state index contributed by atoms with van der Waals surface area (Å²) in [6.07, 6.45) is 5.19. The molecule has 0 spiro atoms. The minimum Gasteiger partial charge on any atom is -0.394 e. The predicted octanol–water partition coefficient (Wildman–Crippen LogP) is 0.863. The van der Waals surface area contributed by atoms with E-state index in [0.717, 1.165) is 25.7 Å². The first-order valence-electron chi connectivity index (χ1n) is 9.13. The molecule has 7 nitrogen and oxygen atoms in total. The third kappa shape index (κ3) is 7.83. The molecular formula is C18H33NO6. The number of unbranched alkanes of at least 4 members (excludes halogenated alkanes) is 6. The predicted molar refractivity (Wildman–Crippen MR) is 93.8 cm³/mol. The Morgan fingerprint density at radius 3 is 2.40 bits per heavy atom. The molecule has 0 radical (unpaired) electrons. The Labute approximate surface area is 150 Å². The summed E-state index contributed by atoms with van der Waals surface area (Å²) in [5.41, 5.74) is 0. The number of nitrogens with one attached hydrogen (secondary N) is 1. The molecule has 0 saturated carbocycles. The fourth-order valence-corrected chi connectivity index (χ4v) is 2.91. The van der Waals surface area contributed by atoms with Crippen molar-refractivity contribution in [2.75, 3.05) is 13.2 Å². The molecule has 0 aromatic carbocycles. The molecule has 25 heavy (non-hydrogen) atoms. The fraction of sp³-hybridized carbons (Fsp3) is 0.833. The van der Waals surface area contributed by atoms with Crippen LogP contribution in [0.4, 0.5) is 0 Å². The van der Waals surface area contributed by atoms with E-state index in [-0.39, 0.29) is 5.91 Å². The summed E-state index contributed by atoms with van der Waals surface area (Å²) in [5, 5.41) is 31.9. The summed E-state index contributed by atoms with van der Waals surface area (Å²) >= 11 is 0. The van der Waals surface area contributed by atoms with Crippen molar-refractivity contribution in [3.63, 3.8) is 0 Å². The Balaban J connectivity index is 2.34. The van der Waals surface area contributed by atoms with Gasteiger partial charge < -0.3 is 30.1 Å². The number of allylic oxidation sites excluding steroid dienone is 1. The van der Waals surface area contributed by atoms with E-state index in [1.807, 2.05) is 6.08 Å². The van der Waals surface area contributed by atoms with Crippen LogP contribution in [0.5, 0.6) is 0 Å². The number of hydrogen-bond acceptors (Lipinski definition) is 6. The Kier molecular flexibility index (Phi) is 10.9. The van der Waals surface area contributed by atoms with E-state index in [1.165, 1.54) is 26.2 Å². The molecule has 0 aliphatic carbocycles. The van der Waals surface area contributed by atoms with Gasteiger partial charge in [-0.25, -0.2) is 0 Å². The summed E-state index contributed by atoms with van der Waals surface area (Å²) in [6, 6.07) is -0.866. The third-order valence-corrected chi connectivity index (χ3v) is 4.34. The van der Waals surface area contributed by atoms with Crippen LogP contribution in [-0.2, 0) is 14.3 Å². The highest BCUT2D eigenvalue weighted by Gasteiger charge is 2.45. The molecule has 146 valence electrons. The van der Waals surface area contributed by atoms with Crippen molar-refractivity contribution in [1.29, 1.82) is 0 Å². The van der Waals surface area contributed by atoms with Gasteiger partial charge in [0.05, 0.1) is 6.61 Å². The van der Waals surface area contributed by atoms with Crippen LogP contribution >= 0.6 is 0 Å². The number of carbonyl (C=O) groups excluding carboxylic acids is 1. The van der Waals surface area contributed by atoms with Gasteiger partial charge >= 0.3 is 0 Å². The Bertz CT molecular complexity index is 392. The van der Waals surface area contributed by atoms with E-state index in [4.69, 9.17) is 9.47 Å². The first-order chi connectivity index (χ1) is 12.0. The van der Waals surface area contributed by atoms with Gasteiger partial charge in [-0.2, -0.15) is 0 Å². The highest BCUT2D eigenvalue weighted by Crippen LogP contribution is 2.22. The summed E-state index contributed by atoms with van der Waals surface area (Å²) in [7, 11) is 0. The molecule has 0 bridgehead atoms. The zero-order valence-corrected chi connectivity index (χ0v) is 15.1. The van der Waals surface area contributed by atoms with Gasteiger partial charge in [0.15, 0.2) is 6.29 Å². The largest absolute Gasteiger partial charge is 0.394 e. The van der Waals surface area contributed by atoms with Crippen molar-refractivity contribution in [3.8, 4) is 0 Å². The fourth-order valence-electron chi connectivity index (χ4n) is 2.91. The maximum absolute atomic E-state index is 11.3. The van der Waals surface area contributed by atoms with Gasteiger partial charge in [0, 0.05) is 13.5 Å². The molecule has 0 aromatic rings. The number of carbonyl (C=O) groups is 1. The van der Waals surface area contributed by atoms with E-state index in [1.54, 1.807) is 0 Å². The van der Waals surface area contributed by atoms with Crippen LogP contribution in [0.3, 0.4) is 0 Å². The summed E-state index contributed by atoms with van der Waals surface area (Å²) in [4.78, 5) is 11.3. The summed E-state index contributed by atoms with van der Waals surface area (Å²) < 4.78 is 11.2. The minimum atomic E-state index is -1.28. The molecule has 5 atom stereocenters. The highest BCUT2D eigenvalue weighted by atomic mass is 16.7. The second-order valence-electron chi connectivity index (χ2n) is 6.50. The van der Waals surface area contributed by atoms with Gasteiger partial charge in [-0.15, -0.1) is 6.58 Å². The van der Waals surface area contributed by atoms with E-state index in [2.05, 4.69) is 11.9 Å². The van der Waals surface area contributed by atoms with Crippen LogP contribution in [0.2, 0.25) is 0 Å². The zero-order chi connectivity index (χ0) is 18.7. The van der Waals surface area contributed by atoms with Crippen LogP contribution in [0.1, 0.15) is 51.9 Å².